The Morgan fingerprint density at radius 3 is 2.44 bits per heavy atom. The van der Waals surface area contributed by atoms with Crippen LogP contribution in [0.3, 0.4) is 0 Å². The molecule has 3 heteroatoms. The van der Waals surface area contributed by atoms with Crippen LogP contribution in [-0.2, 0) is 6.54 Å². The molecule has 0 saturated heterocycles. The lowest BCUT2D eigenvalue weighted by molar-refractivity contribution is 0.570. The Morgan fingerprint density at radius 2 is 1.67 bits per heavy atom. The minimum atomic E-state index is 0.902. The van der Waals surface area contributed by atoms with Crippen molar-refractivity contribution < 1.29 is 0 Å². The van der Waals surface area contributed by atoms with Crippen LogP contribution in [0.2, 0.25) is 0 Å². The van der Waals surface area contributed by atoms with E-state index in [9.17, 15) is 0 Å². The molecule has 4 rings (SSSR count). The standard InChI is InChI=1S/C24H25N3/c1-3-5-6-7-8-11-16-27-22-17-18(4-2)14-15-19(22)23-24(27)26-21-13-10-9-12-20(21)25-23/h2,9-10,12-15,17H,3,5-8,11,16H2,1H3. The molecule has 0 bridgehead atoms. The highest BCUT2D eigenvalue weighted by atomic mass is 15.1. The molecular formula is C24H25N3. The Labute approximate surface area is 160 Å². The molecule has 0 aliphatic rings. The van der Waals surface area contributed by atoms with Crippen molar-refractivity contribution in [1.82, 2.24) is 14.5 Å². The van der Waals surface area contributed by atoms with E-state index in [0.717, 1.165) is 51.6 Å². The lowest BCUT2D eigenvalue weighted by atomic mass is 10.1. The van der Waals surface area contributed by atoms with Crippen LogP contribution in [0.1, 0.15) is 51.0 Å². The van der Waals surface area contributed by atoms with Crippen molar-refractivity contribution in [2.75, 3.05) is 0 Å². The van der Waals surface area contributed by atoms with Gasteiger partial charge in [-0.3, -0.25) is 0 Å². The van der Waals surface area contributed by atoms with Crippen LogP contribution in [0.4, 0.5) is 0 Å². The molecule has 2 heterocycles. The molecule has 0 radical (unpaired) electrons. The molecule has 27 heavy (non-hydrogen) atoms. The van der Waals surface area contributed by atoms with Gasteiger partial charge in [0.15, 0.2) is 5.65 Å². The van der Waals surface area contributed by atoms with Crippen LogP contribution >= 0.6 is 0 Å². The zero-order valence-electron chi connectivity index (χ0n) is 15.9. The zero-order valence-corrected chi connectivity index (χ0v) is 15.9. The molecule has 4 aromatic rings. The number of hydrogen-bond donors (Lipinski definition) is 0. The first-order chi connectivity index (χ1) is 13.3. The van der Waals surface area contributed by atoms with E-state index < -0.39 is 0 Å². The SMILES string of the molecule is C#Cc1ccc2c3nc4ccccc4nc3n(CCCCCCCC)c2c1. The van der Waals surface area contributed by atoms with Crippen LogP contribution in [0.15, 0.2) is 42.5 Å². The predicted molar refractivity (Wildman–Crippen MR) is 114 cm³/mol. The molecule has 0 N–H and O–H groups in total. The maximum absolute atomic E-state index is 5.64. The van der Waals surface area contributed by atoms with Crippen LogP contribution in [0.5, 0.6) is 0 Å². The molecule has 0 unspecified atom stereocenters. The van der Waals surface area contributed by atoms with Crippen LogP contribution in [0.25, 0.3) is 33.1 Å². The number of rotatable bonds is 7. The third-order valence-electron chi connectivity index (χ3n) is 5.25. The van der Waals surface area contributed by atoms with Gasteiger partial charge >= 0.3 is 0 Å². The third-order valence-corrected chi connectivity index (χ3v) is 5.25. The number of aryl methyl sites for hydroxylation is 1. The van der Waals surface area contributed by atoms with Crippen molar-refractivity contribution in [1.29, 1.82) is 0 Å². The van der Waals surface area contributed by atoms with Gasteiger partial charge in [0.1, 0.15) is 5.52 Å². The second-order valence-corrected chi connectivity index (χ2v) is 7.18. The second kappa shape index (κ2) is 7.80. The zero-order chi connectivity index (χ0) is 18.6. The number of para-hydroxylation sites is 2. The largest absolute Gasteiger partial charge is 0.324 e. The maximum Gasteiger partial charge on any atom is 0.160 e. The van der Waals surface area contributed by atoms with Gasteiger partial charge in [0, 0.05) is 17.5 Å². The van der Waals surface area contributed by atoms with Crippen molar-refractivity contribution in [2.24, 2.45) is 0 Å². The molecule has 0 spiro atoms. The van der Waals surface area contributed by atoms with E-state index in [1.165, 1.54) is 32.1 Å². The van der Waals surface area contributed by atoms with E-state index >= 15 is 0 Å². The minimum Gasteiger partial charge on any atom is -0.324 e. The van der Waals surface area contributed by atoms with Gasteiger partial charge in [0.2, 0.25) is 0 Å². The van der Waals surface area contributed by atoms with Crippen LogP contribution < -0.4 is 0 Å². The molecule has 2 aromatic carbocycles. The lowest BCUT2D eigenvalue weighted by Crippen LogP contribution is -2.00. The number of fused-ring (bicyclic) bond motifs is 4. The fourth-order valence-electron chi connectivity index (χ4n) is 3.80. The minimum absolute atomic E-state index is 0.902. The molecule has 136 valence electrons. The highest BCUT2D eigenvalue weighted by molar-refractivity contribution is 6.06. The van der Waals surface area contributed by atoms with Gasteiger partial charge < -0.3 is 4.57 Å². The van der Waals surface area contributed by atoms with E-state index in [-0.39, 0.29) is 0 Å². The fraction of sp³-hybridized carbons (Fsp3) is 0.333. The smallest absolute Gasteiger partial charge is 0.160 e. The molecule has 0 saturated carbocycles. The highest BCUT2D eigenvalue weighted by Gasteiger charge is 2.14. The normalized spacial score (nSPS) is 11.4. The van der Waals surface area contributed by atoms with E-state index in [0.29, 0.717) is 0 Å². The molecule has 0 fully saturated rings. The first-order valence-corrected chi connectivity index (χ1v) is 9.97. The van der Waals surface area contributed by atoms with Gasteiger partial charge in [-0.25, -0.2) is 9.97 Å². The summed E-state index contributed by atoms with van der Waals surface area (Å²) in [6.45, 7) is 3.21. The molecular weight excluding hydrogens is 330 g/mol. The van der Waals surface area contributed by atoms with E-state index in [1.807, 2.05) is 30.3 Å². The molecule has 0 atom stereocenters. The number of terminal acetylenes is 1. The number of nitrogens with zero attached hydrogens (tertiary/aromatic N) is 3. The Bertz CT molecular complexity index is 1130. The first kappa shape index (κ1) is 17.5. The summed E-state index contributed by atoms with van der Waals surface area (Å²) in [7, 11) is 0. The Morgan fingerprint density at radius 1 is 0.926 bits per heavy atom. The van der Waals surface area contributed by atoms with Crippen molar-refractivity contribution in [2.45, 2.75) is 52.0 Å². The maximum atomic E-state index is 5.64. The number of unbranched alkanes of at least 4 members (excludes halogenated alkanes) is 5. The quantitative estimate of drug-likeness (QED) is 0.297. The fourth-order valence-corrected chi connectivity index (χ4v) is 3.80. The van der Waals surface area contributed by atoms with Crippen LogP contribution in [-0.4, -0.2) is 14.5 Å². The van der Waals surface area contributed by atoms with Gasteiger partial charge in [0.25, 0.3) is 0 Å². The van der Waals surface area contributed by atoms with Gasteiger partial charge in [-0.1, -0.05) is 57.1 Å². The first-order valence-electron chi connectivity index (χ1n) is 9.97. The summed E-state index contributed by atoms with van der Waals surface area (Å²) in [5, 5.41) is 1.13. The Kier molecular flexibility index (Phi) is 5.07. The van der Waals surface area contributed by atoms with E-state index in [1.54, 1.807) is 0 Å². The molecule has 0 aliphatic heterocycles. The van der Waals surface area contributed by atoms with E-state index in [4.69, 9.17) is 16.4 Å². The van der Waals surface area contributed by atoms with Crippen molar-refractivity contribution in [3.63, 3.8) is 0 Å². The van der Waals surface area contributed by atoms with Crippen LogP contribution in [0, 0.1) is 12.3 Å². The average molecular weight is 355 g/mol. The summed E-state index contributed by atoms with van der Waals surface area (Å²) in [4.78, 5) is 9.86. The van der Waals surface area contributed by atoms with Crippen molar-refractivity contribution >= 4 is 33.1 Å². The highest BCUT2D eigenvalue weighted by Crippen LogP contribution is 2.29. The van der Waals surface area contributed by atoms with Gasteiger partial charge in [-0.15, -0.1) is 6.42 Å². The topological polar surface area (TPSA) is 30.7 Å². The number of hydrogen-bond acceptors (Lipinski definition) is 2. The molecule has 3 nitrogen and oxygen atoms in total. The van der Waals surface area contributed by atoms with Gasteiger partial charge in [-0.2, -0.15) is 0 Å². The summed E-state index contributed by atoms with van der Waals surface area (Å²) < 4.78 is 2.31. The number of aromatic nitrogens is 3. The Hall–Kier alpha value is -2.86. The Balaban J connectivity index is 1.77. The molecule has 0 aliphatic carbocycles. The van der Waals surface area contributed by atoms with E-state index in [2.05, 4.69) is 29.5 Å². The van der Waals surface area contributed by atoms with Crippen molar-refractivity contribution in [3.8, 4) is 12.3 Å². The summed E-state index contributed by atoms with van der Waals surface area (Å²) in [6, 6.07) is 14.3. The summed E-state index contributed by atoms with van der Waals surface area (Å²) >= 11 is 0. The average Bonchev–Trinajstić information content (AvgIpc) is 3.01. The molecule has 0 amide bonds. The second-order valence-electron chi connectivity index (χ2n) is 7.18. The predicted octanol–water partition coefficient (Wildman–Crippen LogP) is 6.08. The van der Waals surface area contributed by atoms with Crippen molar-refractivity contribution in [3.05, 3.63) is 48.0 Å². The lowest BCUT2D eigenvalue weighted by Gasteiger charge is -2.07. The third kappa shape index (κ3) is 3.40. The molecule has 2 aromatic heterocycles. The van der Waals surface area contributed by atoms with Gasteiger partial charge in [0.05, 0.1) is 16.6 Å². The van der Waals surface area contributed by atoms with Gasteiger partial charge in [-0.05, 0) is 36.8 Å². The summed E-state index contributed by atoms with van der Waals surface area (Å²) in [5.41, 5.74) is 5.85. The summed E-state index contributed by atoms with van der Waals surface area (Å²) in [5.74, 6) is 2.76. The number of benzene rings is 2. The summed E-state index contributed by atoms with van der Waals surface area (Å²) in [6.07, 6.45) is 13.3. The monoisotopic (exact) mass is 355 g/mol.